The molecule has 0 aliphatic carbocycles. The number of aromatic amines is 1. The van der Waals surface area contributed by atoms with Gasteiger partial charge in [0.2, 0.25) is 5.91 Å². The molecule has 142 valence electrons. The number of fused-ring (bicyclic) bond motifs is 3. The van der Waals surface area contributed by atoms with E-state index in [0.717, 1.165) is 56.6 Å². The Morgan fingerprint density at radius 2 is 2.07 bits per heavy atom. The van der Waals surface area contributed by atoms with Crippen molar-refractivity contribution >= 4 is 5.91 Å². The number of imidazole rings is 1. The number of piperidine rings is 1. The molecule has 6 nitrogen and oxygen atoms in total. The Bertz CT molecular complexity index is 853. The number of benzene rings is 1. The number of rotatable bonds is 1. The highest BCUT2D eigenvalue weighted by Crippen LogP contribution is 2.41. The Labute approximate surface area is 159 Å². The fraction of sp³-hybridized carbons (Fsp3) is 0.524. The Kier molecular flexibility index (Phi) is 3.97. The summed E-state index contributed by atoms with van der Waals surface area (Å²) in [6.07, 6.45) is 5.50. The Morgan fingerprint density at radius 3 is 2.93 bits per heavy atom. The molecule has 1 atom stereocenters. The summed E-state index contributed by atoms with van der Waals surface area (Å²) in [7, 11) is 2.20. The van der Waals surface area contributed by atoms with Crippen molar-refractivity contribution in [1.82, 2.24) is 19.8 Å². The largest absolute Gasteiger partial charge is 0.492 e. The molecule has 1 spiro atoms. The number of likely N-dealkylation sites (N-methyl/N-ethyl adjacent to an activating group) is 1. The van der Waals surface area contributed by atoms with E-state index < -0.39 is 0 Å². The standard InChI is InChI=1S/C21H26N4O2/c1-24-9-6-17-19(23-14-22-17)21(24)7-10-25(11-8-21)20(26)16-12-15-4-2-3-5-18(15)27-13-16/h2-5,14,16H,6-13H2,1H3,(H,22,23)/t16-/m1/s1. The molecule has 1 fully saturated rings. The molecule has 1 amide bonds. The Morgan fingerprint density at radius 1 is 1.26 bits per heavy atom. The number of carbonyl (C=O) groups is 1. The minimum atomic E-state index is -0.0704. The second-order valence-electron chi connectivity index (χ2n) is 8.08. The maximum atomic E-state index is 13.1. The van der Waals surface area contributed by atoms with Crippen molar-refractivity contribution in [3.63, 3.8) is 0 Å². The van der Waals surface area contributed by atoms with Gasteiger partial charge in [-0.25, -0.2) is 4.98 Å². The molecular weight excluding hydrogens is 340 g/mol. The van der Waals surface area contributed by atoms with Gasteiger partial charge in [-0.2, -0.15) is 0 Å². The zero-order valence-corrected chi connectivity index (χ0v) is 15.8. The van der Waals surface area contributed by atoms with E-state index in [-0.39, 0.29) is 17.4 Å². The summed E-state index contributed by atoms with van der Waals surface area (Å²) in [4.78, 5) is 25.6. The predicted molar refractivity (Wildman–Crippen MR) is 102 cm³/mol. The van der Waals surface area contributed by atoms with Crippen molar-refractivity contribution in [2.24, 2.45) is 5.92 Å². The van der Waals surface area contributed by atoms with Gasteiger partial charge in [-0.3, -0.25) is 9.69 Å². The topological polar surface area (TPSA) is 61.5 Å². The highest BCUT2D eigenvalue weighted by atomic mass is 16.5. The van der Waals surface area contributed by atoms with Gasteiger partial charge in [0.15, 0.2) is 0 Å². The van der Waals surface area contributed by atoms with Crippen LogP contribution in [0.1, 0.15) is 29.8 Å². The number of nitrogens with one attached hydrogen (secondary N) is 1. The molecule has 5 rings (SSSR count). The quantitative estimate of drug-likeness (QED) is 0.838. The molecule has 1 aromatic heterocycles. The maximum absolute atomic E-state index is 13.1. The zero-order valence-electron chi connectivity index (χ0n) is 15.8. The van der Waals surface area contributed by atoms with Crippen LogP contribution in [-0.2, 0) is 23.2 Å². The predicted octanol–water partition coefficient (Wildman–Crippen LogP) is 1.97. The number of para-hydroxylation sites is 1. The van der Waals surface area contributed by atoms with Gasteiger partial charge in [0.1, 0.15) is 12.4 Å². The molecule has 3 aliphatic heterocycles. The first kappa shape index (κ1) is 16.8. The molecule has 0 radical (unpaired) electrons. The summed E-state index contributed by atoms with van der Waals surface area (Å²) in [5.41, 5.74) is 3.58. The number of carbonyl (C=O) groups excluding carboxylic acids is 1. The zero-order chi connectivity index (χ0) is 18.4. The van der Waals surface area contributed by atoms with E-state index in [1.165, 1.54) is 11.4 Å². The van der Waals surface area contributed by atoms with Crippen LogP contribution in [0.2, 0.25) is 0 Å². The molecule has 1 N–H and O–H groups in total. The fourth-order valence-corrected chi connectivity index (χ4v) is 5.05. The summed E-state index contributed by atoms with van der Waals surface area (Å²) in [6.45, 7) is 3.10. The molecule has 0 unspecified atom stereocenters. The van der Waals surface area contributed by atoms with Crippen LogP contribution in [0, 0.1) is 5.92 Å². The summed E-state index contributed by atoms with van der Waals surface area (Å²) >= 11 is 0. The third-order valence-corrected chi connectivity index (χ3v) is 6.72. The lowest BCUT2D eigenvalue weighted by Gasteiger charge is -2.49. The van der Waals surface area contributed by atoms with Crippen LogP contribution in [0.25, 0.3) is 0 Å². The Balaban J connectivity index is 1.30. The normalized spacial score (nSPS) is 24.2. The van der Waals surface area contributed by atoms with Crippen molar-refractivity contribution in [3.05, 3.63) is 47.5 Å². The maximum Gasteiger partial charge on any atom is 0.229 e. The second kappa shape index (κ2) is 6.37. The van der Waals surface area contributed by atoms with Crippen molar-refractivity contribution in [2.75, 3.05) is 33.3 Å². The molecule has 27 heavy (non-hydrogen) atoms. The van der Waals surface area contributed by atoms with Gasteiger partial charge in [-0.05, 0) is 37.9 Å². The van der Waals surface area contributed by atoms with E-state index in [2.05, 4.69) is 28.0 Å². The van der Waals surface area contributed by atoms with E-state index in [4.69, 9.17) is 4.74 Å². The van der Waals surface area contributed by atoms with Crippen LogP contribution in [0.15, 0.2) is 30.6 Å². The molecule has 2 aromatic rings. The average Bonchev–Trinajstić information content (AvgIpc) is 3.20. The van der Waals surface area contributed by atoms with Crippen LogP contribution >= 0.6 is 0 Å². The summed E-state index contributed by atoms with van der Waals surface area (Å²) < 4.78 is 5.84. The highest BCUT2D eigenvalue weighted by Gasteiger charge is 2.46. The van der Waals surface area contributed by atoms with Gasteiger partial charge in [0.05, 0.1) is 23.5 Å². The van der Waals surface area contributed by atoms with Gasteiger partial charge in [-0.1, -0.05) is 18.2 Å². The molecule has 0 saturated carbocycles. The van der Waals surface area contributed by atoms with Crippen LogP contribution in [0.5, 0.6) is 5.75 Å². The SMILES string of the molecule is CN1CCc2[nH]cnc2C12CCN(C(=O)[C@H]1COc3ccccc3C1)CC2. The molecule has 0 bridgehead atoms. The first-order valence-electron chi connectivity index (χ1n) is 9.91. The average molecular weight is 366 g/mol. The summed E-state index contributed by atoms with van der Waals surface area (Å²) in [5, 5.41) is 0. The Hall–Kier alpha value is -2.34. The number of ether oxygens (including phenoxy) is 1. The third-order valence-electron chi connectivity index (χ3n) is 6.72. The molecular formula is C21H26N4O2. The van der Waals surface area contributed by atoms with Gasteiger partial charge in [-0.15, -0.1) is 0 Å². The molecule has 3 aliphatic rings. The van der Waals surface area contributed by atoms with Crippen molar-refractivity contribution in [3.8, 4) is 5.75 Å². The van der Waals surface area contributed by atoms with E-state index in [0.29, 0.717) is 6.61 Å². The molecule has 6 heteroatoms. The molecule has 1 aromatic carbocycles. The van der Waals surface area contributed by atoms with Crippen LogP contribution < -0.4 is 4.74 Å². The van der Waals surface area contributed by atoms with Gasteiger partial charge >= 0.3 is 0 Å². The summed E-state index contributed by atoms with van der Waals surface area (Å²) in [5.74, 6) is 1.09. The van der Waals surface area contributed by atoms with Gasteiger partial charge in [0, 0.05) is 31.7 Å². The minimum Gasteiger partial charge on any atom is -0.492 e. The number of H-pyrrole nitrogens is 1. The van der Waals surface area contributed by atoms with E-state index in [1.54, 1.807) is 0 Å². The monoisotopic (exact) mass is 366 g/mol. The number of hydrogen-bond donors (Lipinski definition) is 1. The van der Waals surface area contributed by atoms with Gasteiger partial charge in [0.25, 0.3) is 0 Å². The highest BCUT2D eigenvalue weighted by molar-refractivity contribution is 5.80. The lowest BCUT2D eigenvalue weighted by Crippen LogP contribution is -2.56. The lowest BCUT2D eigenvalue weighted by molar-refractivity contribution is -0.140. The number of nitrogens with zero attached hydrogens (tertiary/aromatic N) is 3. The van der Waals surface area contributed by atoms with E-state index in [9.17, 15) is 4.79 Å². The first-order chi connectivity index (χ1) is 13.2. The van der Waals surface area contributed by atoms with Crippen LogP contribution in [-0.4, -0.2) is 59.0 Å². The van der Waals surface area contributed by atoms with Crippen molar-refractivity contribution < 1.29 is 9.53 Å². The third kappa shape index (κ3) is 2.65. The summed E-state index contributed by atoms with van der Waals surface area (Å²) in [6, 6.07) is 8.05. The van der Waals surface area contributed by atoms with Crippen molar-refractivity contribution in [1.29, 1.82) is 0 Å². The van der Waals surface area contributed by atoms with Gasteiger partial charge < -0.3 is 14.6 Å². The number of likely N-dealkylation sites (tertiary alicyclic amines) is 1. The van der Waals surface area contributed by atoms with Crippen LogP contribution in [0.3, 0.4) is 0 Å². The first-order valence-corrected chi connectivity index (χ1v) is 9.91. The fourth-order valence-electron chi connectivity index (χ4n) is 5.05. The second-order valence-corrected chi connectivity index (χ2v) is 8.08. The molecule has 4 heterocycles. The number of amides is 1. The van der Waals surface area contributed by atoms with E-state index >= 15 is 0 Å². The smallest absolute Gasteiger partial charge is 0.229 e. The van der Waals surface area contributed by atoms with Crippen molar-refractivity contribution in [2.45, 2.75) is 31.2 Å². The minimum absolute atomic E-state index is 0.0278. The molecule has 1 saturated heterocycles. The lowest BCUT2D eigenvalue weighted by atomic mass is 9.79. The van der Waals surface area contributed by atoms with E-state index in [1.807, 2.05) is 29.4 Å². The van der Waals surface area contributed by atoms with Crippen LogP contribution in [0.4, 0.5) is 0 Å². The number of hydrogen-bond acceptors (Lipinski definition) is 4. The number of aromatic nitrogens is 2.